The van der Waals surface area contributed by atoms with E-state index in [1.54, 1.807) is 6.29 Å². The molecular formula is C16H28N3O3. The van der Waals surface area contributed by atoms with Crippen molar-refractivity contribution >= 4 is 18.1 Å². The monoisotopic (exact) mass is 310 g/mol. The average molecular weight is 310 g/mol. The maximum absolute atomic E-state index is 12.4. The zero-order chi connectivity index (χ0) is 16.4. The Morgan fingerprint density at radius 2 is 1.86 bits per heavy atom. The van der Waals surface area contributed by atoms with Crippen LogP contribution in [0, 0.1) is 5.92 Å². The van der Waals surface area contributed by atoms with E-state index in [2.05, 4.69) is 0 Å². The van der Waals surface area contributed by atoms with Gasteiger partial charge >= 0.3 is 0 Å². The van der Waals surface area contributed by atoms with Crippen molar-refractivity contribution in [2.45, 2.75) is 63.8 Å². The minimum absolute atomic E-state index is 0.209. The van der Waals surface area contributed by atoms with E-state index in [4.69, 9.17) is 11.5 Å². The van der Waals surface area contributed by atoms with Crippen LogP contribution in [0.15, 0.2) is 0 Å². The molecule has 6 heteroatoms. The first-order valence-electron chi connectivity index (χ1n) is 8.25. The number of hydrogen-bond donors (Lipinski definition) is 2. The molecule has 1 aliphatic carbocycles. The van der Waals surface area contributed by atoms with Crippen LogP contribution in [0.5, 0.6) is 0 Å². The summed E-state index contributed by atoms with van der Waals surface area (Å²) in [6, 6.07) is -0.713. The first kappa shape index (κ1) is 18.8. The predicted molar refractivity (Wildman–Crippen MR) is 84.5 cm³/mol. The van der Waals surface area contributed by atoms with Crippen LogP contribution in [0.4, 0.5) is 0 Å². The number of carbonyl (C=O) groups excluding carboxylic acids is 3. The molecule has 0 aromatic rings. The van der Waals surface area contributed by atoms with Gasteiger partial charge in [0.2, 0.25) is 18.1 Å². The second-order valence-electron chi connectivity index (χ2n) is 6.05. The summed E-state index contributed by atoms with van der Waals surface area (Å²) in [6.45, 7) is 0.168. The van der Waals surface area contributed by atoms with E-state index >= 15 is 0 Å². The quantitative estimate of drug-likeness (QED) is 0.615. The Labute approximate surface area is 132 Å². The van der Waals surface area contributed by atoms with Gasteiger partial charge in [0.05, 0.1) is 12.6 Å². The molecule has 1 saturated carbocycles. The highest BCUT2D eigenvalue weighted by molar-refractivity contribution is 5.99. The van der Waals surface area contributed by atoms with Crippen molar-refractivity contribution in [3.05, 3.63) is 0 Å². The summed E-state index contributed by atoms with van der Waals surface area (Å²) in [5.74, 6) is -0.366. The normalized spacial score (nSPS) is 17.0. The molecule has 0 aromatic heterocycles. The van der Waals surface area contributed by atoms with Gasteiger partial charge in [0.1, 0.15) is 0 Å². The van der Waals surface area contributed by atoms with E-state index < -0.39 is 11.9 Å². The van der Waals surface area contributed by atoms with Crippen LogP contribution in [0.2, 0.25) is 0 Å². The van der Waals surface area contributed by atoms with E-state index in [-0.39, 0.29) is 18.9 Å². The Hall–Kier alpha value is -1.27. The summed E-state index contributed by atoms with van der Waals surface area (Å²) in [7, 11) is 0. The van der Waals surface area contributed by atoms with Gasteiger partial charge in [-0.25, -0.2) is 0 Å². The lowest BCUT2D eigenvalue weighted by Crippen LogP contribution is -2.48. The molecule has 0 aromatic carbocycles. The van der Waals surface area contributed by atoms with Gasteiger partial charge in [0.15, 0.2) is 0 Å². The summed E-state index contributed by atoms with van der Waals surface area (Å²) < 4.78 is 0. The third kappa shape index (κ3) is 6.23. The van der Waals surface area contributed by atoms with Gasteiger partial charge in [0, 0.05) is 6.42 Å². The largest absolute Gasteiger partial charge is 0.330 e. The van der Waals surface area contributed by atoms with Gasteiger partial charge in [-0.15, -0.1) is 0 Å². The molecule has 0 heterocycles. The molecule has 0 unspecified atom stereocenters. The number of unbranched alkanes of at least 4 members (excludes halogenated alkanes) is 1. The topological polar surface area (TPSA) is 106 Å². The summed E-state index contributed by atoms with van der Waals surface area (Å²) >= 11 is 0. The Kier molecular flexibility index (Phi) is 8.92. The first-order chi connectivity index (χ1) is 10.6. The van der Waals surface area contributed by atoms with E-state index in [1.165, 1.54) is 19.3 Å². The van der Waals surface area contributed by atoms with Crippen molar-refractivity contribution in [1.82, 2.24) is 4.90 Å². The fraction of sp³-hybridized carbons (Fsp3) is 0.812. The Bertz CT molecular complexity index is 368. The lowest BCUT2D eigenvalue weighted by atomic mass is 9.84. The van der Waals surface area contributed by atoms with Crippen molar-refractivity contribution in [1.29, 1.82) is 0 Å². The van der Waals surface area contributed by atoms with Crippen LogP contribution in [0.25, 0.3) is 0 Å². The molecule has 22 heavy (non-hydrogen) atoms. The smallest absolute Gasteiger partial charge is 0.246 e. The fourth-order valence-corrected chi connectivity index (χ4v) is 2.99. The van der Waals surface area contributed by atoms with Crippen molar-refractivity contribution < 1.29 is 14.4 Å². The van der Waals surface area contributed by atoms with Crippen LogP contribution < -0.4 is 11.5 Å². The van der Waals surface area contributed by atoms with E-state index in [9.17, 15) is 14.4 Å². The maximum atomic E-state index is 12.4. The third-order valence-corrected chi connectivity index (χ3v) is 4.26. The Morgan fingerprint density at radius 3 is 2.45 bits per heavy atom. The Morgan fingerprint density at radius 1 is 1.18 bits per heavy atom. The van der Waals surface area contributed by atoms with Gasteiger partial charge < -0.3 is 11.5 Å². The SMILES string of the molecule is NCCCCC(=O)N(C[C]=O)C(=O)[C@@H](N)CC1CCCCC1. The van der Waals surface area contributed by atoms with Gasteiger partial charge in [-0.05, 0) is 31.7 Å². The van der Waals surface area contributed by atoms with Crippen LogP contribution >= 0.6 is 0 Å². The molecule has 4 N–H and O–H groups in total. The fourth-order valence-electron chi connectivity index (χ4n) is 2.99. The predicted octanol–water partition coefficient (Wildman–Crippen LogP) is 0.878. The average Bonchev–Trinajstić information content (AvgIpc) is 2.53. The van der Waals surface area contributed by atoms with E-state index in [1.807, 2.05) is 0 Å². The van der Waals surface area contributed by atoms with Gasteiger partial charge in [0.25, 0.3) is 0 Å². The molecule has 2 amide bonds. The van der Waals surface area contributed by atoms with Gasteiger partial charge in [-0.2, -0.15) is 0 Å². The molecule has 1 atom stereocenters. The minimum Gasteiger partial charge on any atom is -0.330 e. The molecule has 6 nitrogen and oxygen atoms in total. The molecule has 125 valence electrons. The molecule has 1 aliphatic rings. The van der Waals surface area contributed by atoms with Crippen LogP contribution in [0.3, 0.4) is 0 Å². The highest BCUT2D eigenvalue weighted by atomic mass is 16.2. The molecule has 1 fully saturated rings. The summed E-state index contributed by atoms with van der Waals surface area (Å²) in [6.07, 6.45) is 9.52. The number of nitrogens with two attached hydrogens (primary N) is 2. The zero-order valence-electron chi connectivity index (χ0n) is 13.3. The molecule has 0 spiro atoms. The standard InChI is InChI=1S/C16H28N3O3/c17-9-5-4-8-15(21)19(10-11-20)16(22)14(18)12-13-6-2-1-3-7-13/h13-14H,1-10,12,17-18H2/t14-/m0/s1. The molecular weight excluding hydrogens is 282 g/mol. The second-order valence-corrected chi connectivity index (χ2v) is 6.05. The summed E-state index contributed by atoms with van der Waals surface area (Å²) in [4.78, 5) is 36.0. The number of amides is 2. The molecule has 1 rings (SSSR count). The number of imide groups is 1. The van der Waals surface area contributed by atoms with Crippen molar-refractivity contribution in [2.75, 3.05) is 13.1 Å². The minimum atomic E-state index is -0.713. The second kappa shape index (κ2) is 10.5. The van der Waals surface area contributed by atoms with E-state index in [0.29, 0.717) is 31.7 Å². The maximum Gasteiger partial charge on any atom is 0.246 e. The number of nitrogens with zero attached hydrogens (tertiary/aromatic N) is 1. The number of hydrogen-bond acceptors (Lipinski definition) is 5. The summed E-state index contributed by atoms with van der Waals surface area (Å²) in [5, 5.41) is 0. The molecule has 0 aliphatic heterocycles. The number of rotatable bonds is 9. The first-order valence-corrected chi connectivity index (χ1v) is 8.25. The van der Waals surface area contributed by atoms with Gasteiger partial charge in [-0.1, -0.05) is 32.1 Å². The molecule has 1 radical (unpaired) electrons. The van der Waals surface area contributed by atoms with Crippen LogP contribution in [-0.2, 0) is 14.4 Å². The summed E-state index contributed by atoms with van der Waals surface area (Å²) in [5.41, 5.74) is 11.4. The van der Waals surface area contributed by atoms with Crippen LogP contribution in [-0.4, -0.2) is 42.1 Å². The molecule has 0 bridgehead atoms. The van der Waals surface area contributed by atoms with Crippen LogP contribution in [0.1, 0.15) is 57.8 Å². The highest BCUT2D eigenvalue weighted by Gasteiger charge is 2.28. The third-order valence-electron chi connectivity index (χ3n) is 4.26. The number of carbonyl (C=O) groups is 2. The van der Waals surface area contributed by atoms with Gasteiger partial charge in [-0.3, -0.25) is 19.3 Å². The lowest BCUT2D eigenvalue weighted by molar-refractivity contribution is -0.145. The Balaban J connectivity index is 2.54. The highest BCUT2D eigenvalue weighted by Crippen LogP contribution is 2.27. The zero-order valence-corrected chi connectivity index (χ0v) is 13.3. The van der Waals surface area contributed by atoms with Crippen molar-refractivity contribution in [2.24, 2.45) is 17.4 Å². The van der Waals surface area contributed by atoms with Crippen molar-refractivity contribution in [3.8, 4) is 0 Å². The molecule has 0 saturated heterocycles. The van der Waals surface area contributed by atoms with E-state index in [0.717, 1.165) is 17.7 Å². The lowest BCUT2D eigenvalue weighted by Gasteiger charge is -2.27. The van der Waals surface area contributed by atoms with Crippen molar-refractivity contribution in [3.63, 3.8) is 0 Å².